The van der Waals surface area contributed by atoms with Gasteiger partial charge in [-0.05, 0) is 43.0 Å². The highest BCUT2D eigenvalue weighted by molar-refractivity contribution is 7.12. The second-order valence-electron chi connectivity index (χ2n) is 4.69. The Balaban J connectivity index is 1.89. The summed E-state index contributed by atoms with van der Waals surface area (Å²) in [6.07, 6.45) is 3.88. The van der Waals surface area contributed by atoms with Crippen LogP contribution in [-0.2, 0) is 0 Å². The molecule has 0 bridgehead atoms. The van der Waals surface area contributed by atoms with Gasteiger partial charge in [0.25, 0.3) is 5.91 Å². The Morgan fingerprint density at radius 3 is 2.83 bits per heavy atom. The summed E-state index contributed by atoms with van der Waals surface area (Å²) in [5.41, 5.74) is 0. The molecule has 1 saturated carbocycles. The molecule has 0 radical (unpaired) electrons. The fourth-order valence-electron chi connectivity index (χ4n) is 2.36. The third-order valence-corrected chi connectivity index (χ3v) is 4.39. The van der Waals surface area contributed by atoms with Gasteiger partial charge in [0.2, 0.25) is 0 Å². The van der Waals surface area contributed by atoms with Crippen molar-refractivity contribution >= 4 is 17.2 Å². The summed E-state index contributed by atoms with van der Waals surface area (Å²) < 4.78 is 5.15. The Morgan fingerprint density at radius 2 is 2.22 bits per heavy atom. The number of carbonyl (C=O) groups excluding carboxylic acids is 1. The zero-order valence-electron chi connectivity index (χ0n) is 10.5. The number of hydrogen-bond donors (Lipinski definition) is 2. The highest BCUT2D eigenvalue weighted by atomic mass is 32.1. The van der Waals surface area contributed by atoms with Crippen LogP contribution in [0.1, 0.15) is 35.4 Å². The normalized spacial score (nSPS) is 23.7. The van der Waals surface area contributed by atoms with Crippen molar-refractivity contribution in [3.63, 3.8) is 0 Å². The molecule has 0 spiro atoms. The monoisotopic (exact) mass is 269 g/mol. The highest BCUT2D eigenvalue weighted by Crippen LogP contribution is 2.27. The zero-order valence-corrected chi connectivity index (χ0v) is 11.3. The van der Waals surface area contributed by atoms with Crippen molar-refractivity contribution in [2.75, 3.05) is 13.7 Å². The predicted molar refractivity (Wildman–Crippen MR) is 71.2 cm³/mol. The topological polar surface area (TPSA) is 58.6 Å². The van der Waals surface area contributed by atoms with Crippen molar-refractivity contribution in [3.8, 4) is 5.75 Å². The molecule has 1 aromatic rings. The summed E-state index contributed by atoms with van der Waals surface area (Å²) in [6, 6.07) is 2.04. The molecule has 5 heteroatoms. The van der Waals surface area contributed by atoms with Crippen molar-refractivity contribution in [2.24, 2.45) is 5.92 Å². The smallest absolute Gasteiger partial charge is 0.265 e. The number of aliphatic hydroxyl groups excluding tert-OH is 1. The van der Waals surface area contributed by atoms with E-state index in [1.165, 1.54) is 11.3 Å². The Bertz CT molecular complexity index is 397. The minimum atomic E-state index is -0.0469. The second-order valence-corrected chi connectivity index (χ2v) is 5.61. The maximum Gasteiger partial charge on any atom is 0.265 e. The van der Waals surface area contributed by atoms with Gasteiger partial charge in [-0.1, -0.05) is 0 Å². The van der Waals surface area contributed by atoms with E-state index in [0.29, 0.717) is 16.5 Å². The minimum Gasteiger partial charge on any atom is -0.495 e. The molecule has 0 unspecified atom stereocenters. The Kier molecular flexibility index (Phi) is 4.60. The van der Waals surface area contributed by atoms with E-state index < -0.39 is 0 Å². The number of nitrogens with one attached hydrogen (secondary N) is 1. The van der Waals surface area contributed by atoms with Gasteiger partial charge < -0.3 is 15.2 Å². The van der Waals surface area contributed by atoms with Crippen LogP contribution in [0.4, 0.5) is 0 Å². The van der Waals surface area contributed by atoms with Crippen LogP contribution >= 0.6 is 11.3 Å². The van der Waals surface area contributed by atoms with Crippen molar-refractivity contribution in [2.45, 2.75) is 31.7 Å². The SMILES string of the molecule is COc1ccsc1C(=O)NC1CCC(CO)CC1. The molecule has 0 saturated heterocycles. The molecular formula is C13H19NO3S. The van der Waals surface area contributed by atoms with Crippen LogP contribution in [0.5, 0.6) is 5.75 Å². The molecule has 0 atom stereocenters. The molecule has 2 rings (SSSR count). The first-order valence-electron chi connectivity index (χ1n) is 6.27. The van der Waals surface area contributed by atoms with Gasteiger partial charge in [0.05, 0.1) is 7.11 Å². The lowest BCUT2D eigenvalue weighted by Gasteiger charge is -2.27. The van der Waals surface area contributed by atoms with E-state index in [2.05, 4.69) is 5.32 Å². The molecule has 1 heterocycles. The number of thiophene rings is 1. The molecule has 1 aliphatic carbocycles. The van der Waals surface area contributed by atoms with E-state index in [1.807, 2.05) is 11.4 Å². The van der Waals surface area contributed by atoms with Crippen molar-refractivity contribution in [3.05, 3.63) is 16.3 Å². The maximum atomic E-state index is 12.1. The molecule has 18 heavy (non-hydrogen) atoms. The third-order valence-electron chi connectivity index (χ3n) is 3.50. The van der Waals surface area contributed by atoms with E-state index >= 15 is 0 Å². The molecule has 2 N–H and O–H groups in total. The summed E-state index contributed by atoms with van der Waals surface area (Å²) in [4.78, 5) is 12.7. The predicted octanol–water partition coefficient (Wildman–Crippen LogP) is 2.04. The fourth-order valence-corrected chi connectivity index (χ4v) is 3.13. The standard InChI is InChI=1S/C13H19NO3S/c1-17-11-6-7-18-12(11)13(16)14-10-4-2-9(8-15)3-5-10/h6-7,9-10,15H,2-5,8H2,1H3,(H,14,16). The van der Waals surface area contributed by atoms with Gasteiger partial charge in [-0.3, -0.25) is 4.79 Å². The Labute approximate surface area is 111 Å². The summed E-state index contributed by atoms with van der Waals surface area (Å²) in [6.45, 7) is 0.263. The van der Waals surface area contributed by atoms with Gasteiger partial charge in [0, 0.05) is 12.6 Å². The third kappa shape index (κ3) is 3.03. The molecule has 1 aliphatic rings. The highest BCUT2D eigenvalue weighted by Gasteiger charge is 2.23. The molecular weight excluding hydrogens is 250 g/mol. The van der Waals surface area contributed by atoms with Gasteiger partial charge in [-0.2, -0.15) is 0 Å². The number of rotatable bonds is 4. The Hall–Kier alpha value is -1.07. The van der Waals surface area contributed by atoms with E-state index in [0.717, 1.165) is 25.7 Å². The van der Waals surface area contributed by atoms with Crippen LogP contribution < -0.4 is 10.1 Å². The van der Waals surface area contributed by atoms with E-state index in [4.69, 9.17) is 9.84 Å². The van der Waals surface area contributed by atoms with Crippen LogP contribution in [0.2, 0.25) is 0 Å². The minimum absolute atomic E-state index is 0.0469. The number of ether oxygens (including phenoxy) is 1. The molecule has 1 amide bonds. The van der Waals surface area contributed by atoms with Crippen LogP contribution in [0.15, 0.2) is 11.4 Å². The second kappa shape index (κ2) is 6.20. The lowest BCUT2D eigenvalue weighted by molar-refractivity contribution is 0.0915. The number of hydrogen-bond acceptors (Lipinski definition) is 4. The summed E-state index contributed by atoms with van der Waals surface area (Å²) >= 11 is 1.40. The van der Waals surface area contributed by atoms with Crippen LogP contribution in [0.3, 0.4) is 0 Å². The van der Waals surface area contributed by atoms with Crippen LogP contribution in [-0.4, -0.2) is 30.8 Å². The van der Waals surface area contributed by atoms with Gasteiger partial charge >= 0.3 is 0 Å². The largest absolute Gasteiger partial charge is 0.495 e. The quantitative estimate of drug-likeness (QED) is 0.879. The van der Waals surface area contributed by atoms with Crippen LogP contribution in [0.25, 0.3) is 0 Å². The average molecular weight is 269 g/mol. The maximum absolute atomic E-state index is 12.1. The number of methoxy groups -OCH3 is 1. The van der Waals surface area contributed by atoms with Gasteiger partial charge in [-0.25, -0.2) is 0 Å². The lowest BCUT2D eigenvalue weighted by atomic mass is 9.86. The first kappa shape index (κ1) is 13.4. The molecule has 4 nitrogen and oxygen atoms in total. The average Bonchev–Trinajstić information content (AvgIpc) is 2.88. The van der Waals surface area contributed by atoms with Crippen molar-refractivity contribution < 1.29 is 14.6 Å². The summed E-state index contributed by atoms with van der Waals surface area (Å²) in [5.74, 6) is 1.00. The number of aliphatic hydroxyl groups is 1. The first-order valence-corrected chi connectivity index (χ1v) is 7.15. The number of amides is 1. The van der Waals surface area contributed by atoms with Crippen molar-refractivity contribution in [1.82, 2.24) is 5.32 Å². The van der Waals surface area contributed by atoms with Gasteiger partial charge in [0.15, 0.2) is 0 Å². The van der Waals surface area contributed by atoms with Gasteiger partial charge in [0.1, 0.15) is 10.6 Å². The van der Waals surface area contributed by atoms with Gasteiger partial charge in [-0.15, -0.1) is 11.3 Å². The van der Waals surface area contributed by atoms with Crippen molar-refractivity contribution in [1.29, 1.82) is 0 Å². The zero-order chi connectivity index (χ0) is 13.0. The molecule has 0 aliphatic heterocycles. The summed E-state index contributed by atoms with van der Waals surface area (Å²) in [5, 5.41) is 14.0. The molecule has 1 fully saturated rings. The summed E-state index contributed by atoms with van der Waals surface area (Å²) in [7, 11) is 1.57. The van der Waals surface area contributed by atoms with E-state index in [-0.39, 0.29) is 18.6 Å². The number of carbonyl (C=O) groups is 1. The van der Waals surface area contributed by atoms with E-state index in [9.17, 15) is 4.79 Å². The fraction of sp³-hybridized carbons (Fsp3) is 0.615. The van der Waals surface area contributed by atoms with E-state index in [1.54, 1.807) is 7.11 Å². The molecule has 100 valence electrons. The Morgan fingerprint density at radius 1 is 1.50 bits per heavy atom. The lowest BCUT2D eigenvalue weighted by Crippen LogP contribution is -2.37. The first-order chi connectivity index (χ1) is 8.74. The molecule has 0 aromatic carbocycles. The van der Waals surface area contributed by atoms with Crippen LogP contribution in [0, 0.1) is 5.92 Å². The molecule has 1 aromatic heterocycles.